The summed E-state index contributed by atoms with van der Waals surface area (Å²) in [5.41, 5.74) is 1.21. The smallest absolute Gasteiger partial charge is 0.258 e. The first-order chi connectivity index (χ1) is 12.1. The molecule has 1 aliphatic heterocycles. The van der Waals surface area contributed by atoms with Crippen molar-refractivity contribution >= 4 is 45.4 Å². The number of aromatic nitrogens is 1. The Balaban J connectivity index is 1.50. The maximum atomic E-state index is 12.6. The van der Waals surface area contributed by atoms with E-state index in [2.05, 4.69) is 10.3 Å². The number of nitrogens with one attached hydrogen (secondary N) is 1. The van der Waals surface area contributed by atoms with Crippen molar-refractivity contribution in [1.29, 1.82) is 0 Å². The fraction of sp³-hybridized carbons (Fsp3) is 0.412. The van der Waals surface area contributed by atoms with Crippen LogP contribution in [0.2, 0.25) is 0 Å². The highest BCUT2D eigenvalue weighted by Crippen LogP contribution is 2.33. The van der Waals surface area contributed by atoms with Crippen LogP contribution in [0.5, 0.6) is 0 Å². The van der Waals surface area contributed by atoms with E-state index in [0.717, 1.165) is 25.9 Å². The topological polar surface area (TPSA) is 79.4 Å². The summed E-state index contributed by atoms with van der Waals surface area (Å²) in [7, 11) is 0. The molecule has 2 amide bonds. The average Bonchev–Trinajstić information content (AvgIpc) is 3.34. The number of anilines is 1. The van der Waals surface area contributed by atoms with Gasteiger partial charge in [0.1, 0.15) is 0 Å². The standard InChI is InChI=1S/C17H17N3O3S2/c21-13-8-11(16(23)20-4-1-2-5-20)7-12-14(13)25-17(18-12)19-15(22)10-3-6-24-9-10/h3,6,9,11H,1-2,4-5,7-8H2,(H,18,19,22)/t11-/m1/s1. The van der Waals surface area contributed by atoms with E-state index in [1.807, 2.05) is 10.3 Å². The van der Waals surface area contributed by atoms with Crippen LogP contribution < -0.4 is 5.32 Å². The van der Waals surface area contributed by atoms with Crippen molar-refractivity contribution in [1.82, 2.24) is 9.88 Å². The van der Waals surface area contributed by atoms with Gasteiger partial charge in [0.25, 0.3) is 5.91 Å². The van der Waals surface area contributed by atoms with Gasteiger partial charge in [0.15, 0.2) is 10.9 Å². The molecule has 3 heterocycles. The molecule has 1 saturated heterocycles. The molecule has 0 saturated carbocycles. The number of rotatable bonds is 3. The Bertz CT molecular complexity index is 822. The molecule has 2 aromatic rings. The fourth-order valence-corrected chi connectivity index (χ4v) is 4.89. The van der Waals surface area contributed by atoms with E-state index >= 15 is 0 Å². The predicted molar refractivity (Wildman–Crippen MR) is 96.3 cm³/mol. The number of amides is 2. The van der Waals surface area contributed by atoms with Crippen molar-refractivity contribution in [3.05, 3.63) is 33.0 Å². The van der Waals surface area contributed by atoms with Crippen LogP contribution in [0, 0.1) is 5.92 Å². The molecule has 8 heteroatoms. The summed E-state index contributed by atoms with van der Waals surface area (Å²) >= 11 is 2.65. The minimum absolute atomic E-state index is 0.0488. The summed E-state index contributed by atoms with van der Waals surface area (Å²) in [5, 5.41) is 6.76. The first kappa shape index (κ1) is 16.4. The molecule has 0 spiro atoms. The third-order valence-corrected chi connectivity index (χ3v) is 6.33. The van der Waals surface area contributed by atoms with Gasteiger partial charge in [0.05, 0.1) is 22.1 Å². The number of thiophene rings is 1. The van der Waals surface area contributed by atoms with Gasteiger partial charge >= 0.3 is 0 Å². The SMILES string of the molecule is O=C(Nc1nc2c(s1)C(=O)C[C@H](C(=O)N1CCCC1)C2)c1ccsc1. The molecule has 25 heavy (non-hydrogen) atoms. The molecule has 1 fully saturated rings. The van der Waals surface area contributed by atoms with Gasteiger partial charge in [-0.2, -0.15) is 11.3 Å². The van der Waals surface area contributed by atoms with Crippen LogP contribution in [-0.2, 0) is 11.2 Å². The van der Waals surface area contributed by atoms with E-state index in [1.54, 1.807) is 11.4 Å². The summed E-state index contributed by atoms with van der Waals surface area (Å²) in [5.74, 6) is -0.536. The first-order valence-electron chi connectivity index (χ1n) is 8.27. The Morgan fingerprint density at radius 2 is 2.04 bits per heavy atom. The molecule has 0 radical (unpaired) electrons. The van der Waals surface area contributed by atoms with Crippen molar-refractivity contribution in [2.75, 3.05) is 18.4 Å². The molecule has 0 unspecified atom stereocenters. The van der Waals surface area contributed by atoms with E-state index in [0.29, 0.717) is 27.7 Å². The highest BCUT2D eigenvalue weighted by molar-refractivity contribution is 7.17. The van der Waals surface area contributed by atoms with E-state index in [4.69, 9.17) is 0 Å². The number of thiazole rings is 1. The molecule has 2 aliphatic rings. The van der Waals surface area contributed by atoms with Gasteiger partial charge in [0, 0.05) is 31.3 Å². The monoisotopic (exact) mass is 375 g/mol. The van der Waals surface area contributed by atoms with Gasteiger partial charge in [-0.25, -0.2) is 4.98 Å². The molecule has 6 nitrogen and oxygen atoms in total. The fourth-order valence-electron chi connectivity index (χ4n) is 3.32. The molecular formula is C17H17N3O3S2. The zero-order chi connectivity index (χ0) is 17.4. The number of fused-ring (bicyclic) bond motifs is 1. The number of nitrogens with zero attached hydrogens (tertiary/aromatic N) is 2. The van der Waals surface area contributed by atoms with E-state index in [-0.39, 0.29) is 29.9 Å². The Labute approximate surface area is 152 Å². The minimum Gasteiger partial charge on any atom is -0.342 e. The summed E-state index contributed by atoms with van der Waals surface area (Å²) in [6.07, 6.45) is 2.78. The van der Waals surface area contributed by atoms with Crippen molar-refractivity contribution in [2.24, 2.45) is 5.92 Å². The molecule has 1 atom stereocenters. The lowest BCUT2D eigenvalue weighted by Crippen LogP contribution is -2.37. The van der Waals surface area contributed by atoms with Gasteiger partial charge in [-0.05, 0) is 24.3 Å². The summed E-state index contributed by atoms with van der Waals surface area (Å²) < 4.78 is 0. The Kier molecular flexibility index (Phi) is 4.39. The number of hydrogen-bond acceptors (Lipinski definition) is 6. The van der Waals surface area contributed by atoms with Crippen LogP contribution >= 0.6 is 22.7 Å². The van der Waals surface area contributed by atoms with Gasteiger partial charge in [-0.1, -0.05) is 11.3 Å². The number of carbonyl (C=O) groups is 3. The third kappa shape index (κ3) is 3.23. The zero-order valence-corrected chi connectivity index (χ0v) is 15.1. The minimum atomic E-state index is -0.319. The number of likely N-dealkylation sites (tertiary alicyclic amines) is 1. The van der Waals surface area contributed by atoms with E-state index in [9.17, 15) is 14.4 Å². The largest absolute Gasteiger partial charge is 0.342 e. The van der Waals surface area contributed by atoms with Gasteiger partial charge in [-0.3, -0.25) is 19.7 Å². The first-order valence-corrected chi connectivity index (χ1v) is 10.0. The van der Waals surface area contributed by atoms with Crippen molar-refractivity contribution in [3.8, 4) is 0 Å². The number of ketones is 1. The van der Waals surface area contributed by atoms with Crippen molar-refractivity contribution < 1.29 is 14.4 Å². The second kappa shape index (κ2) is 6.68. The Morgan fingerprint density at radius 3 is 2.76 bits per heavy atom. The van der Waals surface area contributed by atoms with Crippen molar-refractivity contribution in [3.63, 3.8) is 0 Å². The summed E-state index contributed by atoms with van der Waals surface area (Å²) in [4.78, 5) is 44.0. The van der Waals surface area contributed by atoms with Crippen LogP contribution in [0.4, 0.5) is 5.13 Å². The highest BCUT2D eigenvalue weighted by atomic mass is 32.1. The maximum Gasteiger partial charge on any atom is 0.258 e. The number of hydrogen-bond donors (Lipinski definition) is 1. The lowest BCUT2D eigenvalue weighted by atomic mass is 9.89. The lowest BCUT2D eigenvalue weighted by molar-refractivity contribution is -0.134. The quantitative estimate of drug-likeness (QED) is 0.895. The van der Waals surface area contributed by atoms with Crippen LogP contribution in [0.3, 0.4) is 0 Å². The molecule has 4 rings (SSSR count). The average molecular weight is 375 g/mol. The van der Waals surface area contributed by atoms with Crippen LogP contribution in [0.25, 0.3) is 0 Å². The summed E-state index contributed by atoms with van der Waals surface area (Å²) in [6.45, 7) is 1.57. The van der Waals surface area contributed by atoms with E-state index < -0.39 is 0 Å². The highest BCUT2D eigenvalue weighted by Gasteiger charge is 2.35. The van der Waals surface area contributed by atoms with Crippen LogP contribution in [-0.4, -0.2) is 40.6 Å². The predicted octanol–water partition coefficient (Wildman–Crippen LogP) is 2.82. The van der Waals surface area contributed by atoms with E-state index in [1.165, 1.54) is 22.7 Å². The second-order valence-electron chi connectivity index (χ2n) is 6.32. The molecular weight excluding hydrogens is 358 g/mol. The van der Waals surface area contributed by atoms with Crippen molar-refractivity contribution in [2.45, 2.75) is 25.7 Å². The molecule has 1 N–H and O–H groups in total. The van der Waals surface area contributed by atoms with Gasteiger partial charge in [-0.15, -0.1) is 0 Å². The molecule has 130 valence electrons. The lowest BCUT2D eigenvalue weighted by Gasteiger charge is -2.24. The normalized spacial score (nSPS) is 19.8. The maximum absolute atomic E-state index is 12.6. The number of Topliss-reactive ketones (excluding diaryl/α,β-unsaturated/α-hetero) is 1. The number of carbonyl (C=O) groups excluding carboxylic acids is 3. The molecule has 0 bridgehead atoms. The third-order valence-electron chi connectivity index (χ3n) is 4.59. The van der Waals surface area contributed by atoms with Gasteiger partial charge in [0.2, 0.25) is 5.91 Å². The Hall–Kier alpha value is -2.06. The Morgan fingerprint density at radius 1 is 1.24 bits per heavy atom. The van der Waals surface area contributed by atoms with Crippen LogP contribution in [0.15, 0.2) is 16.8 Å². The molecule has 0 aromatic carbocycles. The molecule has 1 aliphatic carbocycles. The zero-order valence-electron chi connectivity index (χ0n) is 13.5. The van der Waals surface area contributed by atoms with Crippen LogP contribution in [0.1, 0.15) is 45.0 Å². The summed E-state index contributed by atoms with van der Waals surface area (Å²) in [6, 6.07) is 1.74. The second-order valence-corrected chi connectivity index (χ2v) is 8.10. The molecule has 2 aromatic heterocycles. The van der Waals surface area contributed by atoms with Gasteiger partial charge < -0.3 is 4.90 Å².